The second kappa shape index (κ2) is 9.72. The van der Waals surface area contributed by atoms with Crippen molar-refractivity contribution in [3.63, 3.8) is 0 Å². The van der Waals surface area contributed by atoms with E-state index < -0.39 is 8.32 Å². The van der Waals surface area contributed by atoms with Gasteiger partial charge >= 0.3 is 0 Å². The minimum absolute atomic E-state index is 0.838. The lowest BCUT2D eigenvalue weighted by molar-refractivity contribution is -0.697. The molecule has 0 bridgehead atoms. The van der Waals surface area contributed by atoms with Gasteiger partial charge in [-0.05, 0) is 67.5 Å². The minimum Gasteiger partial charge on any atom is -0.417 e. The van der Waals surface area contributed by atoms with E-state index in [4.69, 9.17) is 4.43 Å². The molecule has 0 radical (unpaired) electrons. The van der Waals surface area contributed by atoms with Gasteiger partial charge in [-0.3, -0.25) is 9.97 Å². The Morgan fingerprint density at radius 3 is 2.24 bits per heavy atom. The van der Waals surface area contributed by atoms with Crippen molar-refractivity contribution in [1.29, 1.82) is 0 Å². The monoisotopic (exact) mass is 404 g/mol. The lowest BCUT2D eigenvalue weighted by atomic mass is 10.1. The maximum absolute atomic E-state index is 5.92. The molecule has 4 nitrogen and oxygen atoms in total. The van der Waals surface area contributed by atoms with Crippen LogP contribution in [0.3, 0.4) is 0 Å². The highest BCUT2D eigenvalue weighted by Crippen LogP contribution is 2.17. The first-order chi connectivity index (χ1) is 13.9. The Balaban J connectivity index is 1.59. The maximum Gasteiger partial charge on any atom is 0.183 e. The largest absolute Gasteiger partial charge is 0.417 e. The molecule has 5 heteroatoms. The number of aryl methyl sites for hydroxylation is 2. The molecule has 0 aromatic carbocycles. The first-order valence-electron chi connectivity index (χ1n) is 10.1. The number of hydrogen-bond donors (Lipinski definition) is 0. The van der Waals surface area contributed by atoms with Gasteiger partial charge in [-0.2, -0.15) is 0 Å². The Bertz CT molecular complexity index is 962. The highest BCUT2D eigenvalue weighted by molar-refractivity contribution is 6.69. The van der Waals surface area contributed by atoms with Crippen molar-refractivity contribution in [2.24, 2.45) is 0 Å². The van der Waals surface area contributed by atoms with Crippen molar-refractivity contribution >= 4 is 20.5 Å². The Hall–Kier alpha value is -2.63. The van der Waals surface area contributed by atoms with Crippen molar-refractivity contribution in [2.75, 3.05) is 6.61 Å². The van der Waals surface area contributed by atoms with E-state index in [9.17, 15) is 0 Å². The van der Waals surface area contributed by atoms with Crippen molar-refractivity contribution in [3.05, 3.63) is 77.9 Å². The number of aromatic nitrogens is 3. The van der Waals surface area contributed by atoms with Crippen LogP contribution < -0.4 is 4.57 Å². The van der Waals surface area contributed by atoms with E-state index in [0.717, 1.165) is 36.5 Å². The first kappa shape index (κ1) is 21.1. The van der Waals surface area contributed by atoms with Gasteiger partial charge in [-0.25, -0.2) is 4.57 Å². The fraction of sp³-hybridized carbons (Fsp3) is 0.292. The summed E-state index contributed by atoms with van der Waals surface area (Å²) in [5.74, 6) is 0. The average Bonchev–Trinajstić information content (AvgIpc) is 2.70. The van der Waals surface area contributed by atoms with Gasteiger partial charge in [-0.1, -0.05) is 12.2 Å². The Morgan fingerprint density at radius 1 is 0.897 bits per heavy atom. The summed E-state index contributed by atoms with van der Waals surface area (Å²) in [5.41, 5.74) is 5.26. The molecule has 0 N–H and O–H groups in total. The van der Waals surface area contributed by atoms with Gasteiger partial charge in [-0.15, -0.1) is 0 Å². The maximum atomic E-state index is 5.92. The van der Waals surface area contributed by atoms with Gasteiger partial charge in [0.25, 0.3) is 0 Å². The summed E-state index contributed by atoms with van der Waals surface area (Å²) in [5, 5.41) is 0. The van der Waals surface area contributed by atoms with Crippen LogP contribution >= 0.6 is 0 Å². The van der Waals surface area contributed by atoms with Gasteiger partial charge in [0.15, 0.2) is 27.3 Å². The quantitative estimate of drug-likeness (QED) is 0.296. The molecular formula is C24H30N3OSi+. The predicted molar refractivity (Wildman–Crippen MR) is 122 cm³/mol. The topological polar surface area (TPSA) is 38.9 Å². The summed E-state index contributed by atoms with van der Waals surface area (Å²) >= 11 is 0. The summed E-state index contributed by atoms with van der Waals surface area (Å²) in [7, 11) is -1.40. The van der Waals surface area contributed by atoms with Gasteiger partial charge in [0, 0.05) is 37.6 Å². The van der Waals surface area contributed by atoms with Crippen LogP contribution in [0.5, 0.6) is 0 Å². The van der Waals surface area contributed by atoms with Gasteiger partial charge in [0.2, 0.25) is 0 Å². The molecule has 0 saturated heterocycles. The zero-order valence-corrected chi connectivity index (χ0v) is 18.8. The lowest BCUT2D eigenvalue weighted by Gasteiger charge is -2.16. The van der Waals surface area contributed by atoms with Crippen LogP contribution in [0.1, 0.15) is 23.1 Å². The predicted octanol–water partition coefficient (Wildman–Crippen LogP) is 5.15. The molecule has 0 aliphatic carbocycles. The summed E-state index contributed by atoms with van der Waals surface area (Å²) in [6.45, 7) is 10.6. The van der Waals surface area contributed by atoms with Gasteiger partial charge < -0.3 is 4.43 Å². The van der Waals surface area contributed by atoms with Crippen molar-refractivity contribution in [2.45, 2.75) is 39.5 Å². The van der Waals surface area contributed by atoms with Crippen LogP contribution in [-0.2, 0) is 11.0 Å². The molecule has 0 unspecified atom stereocenters. The molecule has 0 saturated carbocycles. The number of pyridine rings is 3. The molecule has 0 aliphatic heterocycles. The van der Waals surface area contributed by atoms with Gasteiger partial charge in [0.1, 0.15) is 0 Å². The van der Waals surface area contributed by atoms with Crippen LogP contribution in [0.25, 0.3) is 23.5 Å². The van der Waals surface area contributed by atoms with Crippen LogP contribution in [-0.4, -0.2) is 24.9 Å². The smallest absolute Gasteiger partial charge is 0.183 e. The molecule has 29 heavy (non-hydrogen) atoms. The van der Waals surface area contributed by atoms with Gasteiger partial charge in [0.05, 0.1) is 11.4 Å². The molecular weight excluding hydrogens is 374 g/mol. The Kier molecular flexibility index (Phi) is 7.07. The zero-order chi connectivity index (χ0) is 20.7. The van der Waals surface area contributed by atoms with E-state index in [0.29, 0.717) is 0 Å². The van der Waals surface area contributed by atoms with Crippen molar-refractivity contribution < 1.29 is 8.99 Å². The second-order valence-corrected chi connectivity index (χ2v) is 12.7. The standard InChI is InChI=1S/C24H30N3OSi/c1-20-8-12-25-23(18-20)24-19-22(9-13-26-24)7-6-21-10-15-27(16-11-21)14-5-17-28-29(2,3)4/h6-13,15-16,18-19H,5,14,17H2,1-4H3/q+1/b7-6+. The highest BCUT2D eigenvalue weighted by atomic mass is 28.4. The third kappa shape index (κ3) is 7.04. The second-order valence-electron chi connectivity index (χ2n) is 8.21. The van der Waals surface area contributed by atoms with Crippen molar-refractivity contribution in [1.82, 2.24) is 9.97 Å². The molecule has 0 aliphatic rings. The molecule has 3 aromatic heterocycles. The molecule has 3 aromatic rings. The van der Waals surface area contributed by atoms with E-state index >= 15 is 0 Å². The van der Waals surface area contributed by atoms with E-state index in [1.807, 2.05) is 24.5 Å². The molecule has 0 amide bonds. The first-order valence-corrected chi connectivity index (χ1v) is 13.5. The molecule has 150 valence electrons. The van der Waals surface area contributed by atoms with Crippen molar-refractivity contribution in [3.8, 4) is 11.4 Å². The van der Waals surface area contributed by atoms with Crippen LogP contribution in [0, 0.1) is 6.92 Å². The van der Waals surface area contributed by atoms with E-state index in [2.05, 4.69) is 89.9 Å². The van der Waals surface area contributed by atoms with E-state index in [1.54, 1.807) is 0 Å². The number of rotatable bonds is 8. The van der Waals surface area contributed by atoms with Crippen LogP contribution in [0.2, 0.25) is 19.6 Å². The van der Waals surface area contributed by atoms with E-state index in [-0.39, 0.29) is 0 Å². The zero-order valence-electron chi connectivity index (χ0n) is 17.8. The summed E-state index contributed by atoms with van der Waals surface area (Å²) in [6.07, 6.45) is 13.2. The highest BCUT2D eigenvalue weighted by Gasteiger charge is 2.13. The molecule has 0 fully saturated rings. The fourth-order valence-corrected chi connectivity index (χ4v) is 3.67. The SMILES string of the molecule is Cc1ccnc(-c2cc(/C=C/c3cc[n+](CCCO[Si](C)(C)C)cc3)ccn2)c1. The molecule has 0 atom stereocenters. The number of nitrogens with zero attached hydrogens (tertiary/aromatic N) is 3. The Labute approximate surface area is 175 Å². The third-order valence-corrected chi connectivity index (χ3v) is 5.51. The number of hydrogen-bond acceptors (Lipinski definition) is 3. The fourth-order valence-electron chi connectivity index (χ4n) is 2.91. The lowest BCUT2D eigenvalue weighted by Crippen LogP contribution is -2.34. The average molecular weight is 405 g/mol. The van der Waals surface area contributed by atoms with Crippen LogP contribution in [0.4, 0.5) is 0 Å². The summed E-state index contributed by atoms with van der Waals surface area (Å²) in [4.78, 5) is 8.89. The summed E-state index contributed by atoms with van der Waals surface area (Å²) in [6, 6.07) is 12.4. The minimum atomic E-state index is -1.40. The Morgan fingerprint density at radius 2 is 1.55 bits per heavy atom. The molecule has 3 rings (SSSR count). The van der Waals surface area contributed by atoms with E-state index in [1.165, 1.54) is 11.1 Å². The normalized spacial score (nSPS) is 11.9. The third-order valence-electron chi connectivity index (χ3n) is 4.44. The van der Waals surface area contributed by atoms with Crippen LogP contribution in [0.15, 0.2) is 61.2 Å². The molecule has 0 spiro atoms. The molecule has 3 heterocycles. The summed E-state index contributed by atoms with van der Waals surface area (Å²) < 4.78 is 8.12.